The van der Waals surface area contributed by atoms with Crippen molar-refractivity contribution in [3.05, 3.63) is 67.2 Å². The van der Waals surface area contributed by atoms with Gasteiger partial charge in [-0.1, -0.05) is 18.2 Å². The Morgan fingerprint density at radius 3 is 0.814 bits per heavy atom. The third kappa shape index (κ3) is 15.4. The molecule has 0 unspecified atom stereocenters. The van der Waals surface area contributed by atoms with Crippen molar-refractivity contribution in [3.8, 4) is 0 Å². The van der Waals surface area contributed by atoms with Gasteiger partial charge in [0.05, 0.1) is 0 Å². The molecular formula is C24H21F9O6S3Tb+6. The average Bonchev–Trinajstić information content (AvgIpc) is 3.66. The molecule has 1 radical (unpaired) electrons. The molecule has 0 aliphatic rings. The first-order valence-corrected chi connectivity index (χ1v) is 13.5. The van der Waals surface area contributed by atoms with Crippen molar-refractivity contribution in [3.63, 3.8) is 0 Å². The van der Waals surface area contributed by atoms with Crippen LogP contribution in [-0.2, 0) is 0 Å². The van der Waals surface area contributed by atoms with E-state index in [1.54, 1.807) is 34.3 Å². The summed E-state index contributed by atoms with van der Waals surface area (Å²) in [6, 6.07) is 9.22. The van der Waals surface area contributed by atoms with Crippen LogP contribution in [0.3, 0.4) is 0 Å². The second-order valence-electron chi connectivity index (χ2n) is 7.64. The molecule has 237 valence electrons. The summed E-state index contributed by atoms with van der Waals surface area (Å²) in [7, 11) is 0. The van der Waals surface area contributed by atoms with Gasteiger partial charge >= 0.3 is 53.2 Å². The van der Waals surface area contributed by atoms with Crippen LogP contribution in [0.2, 0.25) is 0 Å². The first-order valence-electron chi connectivity index (χ1n) is 10.8. The van der Waals surface area contributed by atoms with Gasteiger partial charge in [-0.2, -0.15) is 39.5 Å². The molecule has 0 spiro atoms. The molecule has 6 nitrogen and oxygen atoms in total. The van der Waals surface area contributed by atoms with Crippen LogP contribution in [-0.4, -0.2) is 82.0 Å². The maximum absolute atomic E-state index is 11.8. The van der Waals surface area contributed by atoms with E-state index >= 15 is 0 Å². The summed E-state index contributed by atoms with van der Waals surface area (Å²) in [6.07, 6.45) is -17.0. The van der Waals surface area contributed by atoms with Crippen LogP contribution in [0.4, 0.5) is 39.5 Å². The summed E-state index contributed by atoms with van der Waals surface area (Å²) in [5.41, 5.74) is 0. The molecule has 0 saturated carbocycles. The van der Waals surface area contributed by atoms with Gasteiger partial charge in [0, 0.05) is 38.6 Å². The van der Waals surface area contributed by atoms with Crippen molar-refractivity contribution in [1.29, 1.82) is 0 Å². The Hall–Kier alpha value is -2.22. The van der Waals surface area contributed by atoms with E-state index in [0.29, 0.717) is 14.6 Å². The number of rotatable bonds is 9. The van der Waals surface area contributed by atoms with E-state index in [1.807, 2.05) is 0 Å². The van der Waals surface area contributed by atoms with E-state index < -0.39 is 72.5 Å². The van der Waals surface area contributed by atoms with Gasteiger partial charge in [-0.05, 0) is 34.3 Å². The van der Waals surface area contributed by atoms with Crippen LogP contribution < -0.4 is 0 Å². The molecule has 0 saturated heterocycles. The first kappa shape index (κ1) is 40.8. The quantitative estimate of drug-likeness (QED) is 0.102. The Labute approximate surface area is 278 Å². The van der Waals surface area contributed by atoms with E-state index in [-0.39, 0.29) is 38.6 Å². The SMILES string of the molecule is [OH+]=C(CC(=[OH+])C(F)(F)F)c1cccs1.[OH+]=C(CC(=[OH+])C(F)(F)F)c1cccs1.[OH+]=C(CC(=[OH+])C(F)(F)F)c1cccs1.[Tb]. The number of hydrogen-bond acceptors (Lipinski definition) is 3. The van der Waals surface area contributed by atoms with E-state index in [0.717, 1.165) is 34.0 Å². The van der Waals surface area contributed by atoms with Gasteiger partial charge in [-0.15, -0.1) is 34.0 Å². The maximum atomic E-state index is 11.8. The fourth-order valence-electron chi connectivity index (χ4n) is 2.37. The molecule has 0 fully saturated rings. The minimum atomic E-state index is -4.77. The molecule has 0 bridgehead atoms. The van der Waals surface area contributed by atoms with Crippen molar-refractivity contribution in [1.82, 2.24) is 0 Å². The van der Waals surface area contributed by atoms with Gasteiger partial charge in [0.15, 0.2) is 19.3 Å². The number of ketones is 6. The average molecular weight is 832 g/mol. The summed E-state index contributed by atoms with van der Waals surface area (Å²) < 4.78 is 107. The van der Waals surface area contributed by atoms with Crippen molar-refractivity contribution >= 4 is 68.7 Å². The van der Waals surface area contributed by atoms with E-state index in [2.05, 4.69) is 0 Å². The Bertz CT molecular complexity index is 1190. The van der Waals surface area contributed by atoms with Gasteiger partial charge in [0.1, 0.15) is 14.6 Å². The van der Waals surface area contributed by atoms with E-state index in [9.17, 15) is 53.9 Å². The molecule has 3 rings (SSSR count). The second-order valence-corrected chi connectivity index (χ2v) is 10.5. The molecule has 0 atom stereocenters. The molecule has 3 aromatic rings. The summed E-state index contributed by atoms with van der Waals surface area (Å²) in [4.78, 5) is 54.2. The van der Waals surface area contributed by atoms with Gasteiger partial charge in [-0.3, -0.25) is 28.8 Å². The first-order chi connectivity index (χ1) is 19.2. The Balaban J connectivity index is 0.000000608. The van der Waals surface area contributed by atoms with Gasteiger partial charge < -0.3 is 0 Å². The third-order valence-electron chi connectivity index (χ3n) is 4.40. The standard InChI is InChI=1S/3C8H5F3O2S.Tb/c3*9-8(10,11)7(13)4-5(12)6-2-1-3-14-6;/h3*1-3H,4H2;/p+6. The molecular weight excluding hydrogens is 810 g/mol. The molecule has 19 heteroatoms. The summed E-state index contributed by atoms with van der Waals surface area (Å²) >= 11 is 3.31. The Morgan fingerprint density at radius 1 is 0.465 bits per heavy atom. The number of carbonyl (C=O) groups excluding carboxylic acids is 6. The van der Waals surface area contributed by atoms with Crippen LogP contribution >= 0.6 is 34.0 Å². The van der Waals surface area contributed by atoms with Crippen molar-refractivity contribution in [2.75, 3.05) is 0 Å². The summed E-state index contributed by atoms with van der Waals surface area (Å²) in [6.45, 7) is 0. The normalized spacial score (nSPS) is 11.1. The number of halogens is 9. The monoisotopic (exact) mass is 831 g/mol. The Morgan fingerprint density at radius 2 is 0.674 bits per heavy atom. The minimum Gasteiger partial charge on any atom is -0.276 e. The zero-order chi connectivity index (χ0) is 32.3. The molecule has 3 heterocycles. The zero-order valence-electron chi connectivity index (χ0n) is 21.0. The van der Waals surface area contributed by atoms with Crippen molar-refractivity contribution < 1.29 is 107 Å². The molecule has 0 aliphatic carbocycles. The van der Waals surface area contributed by atoms with Gasteiger partial charge in [0.25, 0.3) is 0 Å². The largest absolute Gasteiger partial charge is 0.505 e. The van der Waals surface area contributed by atoms with E-state index in [1.165, 1.54) is 18.2 Å². The van der Waals surface area contributed by atoms with Crippen molar-refractivity contribution in [2.45, 2.75) is 37.8 Å². The molecule has 43 heavy (non-hydrogen) atoms. The van der Waals surface area contributed by atoms with Crippen molar-refractivity contribution in [2.24, 2.45) is 0 Å². The smallest absolute Gasteiger partial charge is 0.276 e. The maximum Gasteiger partial charge on any atom is 0.505 e. The number of thiophene rings is 3. The van der Waals surface area contributed by atoms with Gasteiger partial charge in [0.2, 0.25) is 0 Å². The fraction of sp³-hybridized carbons (Fsp3) is 0.250. The number of hydrogen-bond donors (Lipinski definition) is 0. The molecule has 6 N–H and O–H groups in total. The second kappa shape index (κ2) is 17.9. The summed E-state index contributed by atoms with van der Waals surface area (Å²) in [5.74, 6) is -6.50. The van der Waals surface area contributed by atoms with E-state index in [4.69, 9.17) is 14.4 Å². The molecule has 0 aliphatic heterocycles. The molecule has 0 amide bonds. The van der Waals surface area contributed by atoms with Crippen LogP contribution in [0.15, 0.2) is 52.5 Å². The third-order valence-corrected chi connectivity index (χ3v) is 7.16. The van der Waals surface area contributed by atoms with Gasteiger partial charge in [-0.25, -0.2) is 0 Å². The predicted octanol–water partition coefficient (Wildman–Crippen LogP) is 6.42. The zero-order valence-corrected chi connectivity index (χ0v) is 25.5. The fourth-order valence-corrected chi connectivity index (χ4v) is 4.37. The number of alkyl halides is 9. The minimum absolute atomic E-state index is 0. The van der Waals surface area contributed by atoms with Crippen LogP contribution in [0, 0.1) is 38.6 Å². The van der Waals surface area contributed by atoms with Crippen LogP contribution in [0.25, 0.3) is 0 Å². The molecule has 3 aromatic heterocycles. The predicted molar refractivity (Wildman–Crippen MR) is 144 cm³/mol. The van der Waals surface area contributed by atoms with Crippen LogP contribution in [0.5, 0.6) is 0 Å². The summed E-state index contributed by atoms with van der Waals surface area (Å²) in [5, 5.41) is 4.86. The Kier molecular flexibility index (Phi) is 17.0. The molecule has 0 aromatic carbocycles. The topological polar surface area (TPSA) is 128 Å². The van der Waals surface area contributed by atoms with Crippen LogP contribution in [0.1, 0.15) is 33.9 Å².